The Kier molecular flexibility index (Phi) is 6.96. The quantitative estimate of drug-likeness (QED) is 0.457. The first-order valence-electron chi connectivity index (χ1n) is 8.60. The lowest BCUT2D eigenvalue weighted by atomic mass is 10.2. The number of nitro benzene ring substituents is 1. The number of carbonyl (C=O) groups is 2. The van der Waals surface area contributed by atoms with Gasteiger partial charge in [-0.05, 0) is 31.2 Å². The number of benzene rings is 2. The van der Waals surface area contributed by atoms with Crippen LogP contribution in [0.2, 0.25) is 0 Å². The number of anilines is 3. The summed E-state index contributed by atoms with van der Waals surface area (Å²) in [4.78, 5) is 34.3. The highest BCUT2D eigenvalue weighted by atomic mass is 16.6. The number of hydrogen-bond acceptors (Lipinski definition) is 7. The van der Waals surface area contributed by atoms with Gasteiger partial charge in [0.1, 0.15) is 17.5 Å². The van der Waals surface area contributed by atoms with E-state index in [-0.39, 0.29) is 17.3 Å². The maximum Gasteiger partial charge on any atom is 0.271 e. The molecule has 2 amide bonds. The number of non-ortho nitro benzene ring substituents is 1. The zero-order chi connectivity index (χ0) is 21.6. The Hall–Kier alpha value is -3.82. The monoisotopic (exact) mass is 402 g/mol. The molecular weight excluding hydrogens is 380 g/mol. The van der Waals surface area contributed by atoms with Crippen molar-refractivity contribution in [3.05, 3.63) is 46.5 Å². The van der Waals surface area contributed by atoms with Crippen LogP contribution in [-0.2, 0) is 9.59 Å². The summed E-state index contributed by atoms with van der Waals surface area (Å²) in [6, 6.07) is 8.14. The third-order valence-electron chi connectivity index (χ3n) is 3.94. The van der Waals surface area contributed by atoms with Gasteiger partial charge in [0.2, 0.25) is 11.8 Å². The van der Waals surface area contributed by atoms with Crippen molar-refractivity contribution in [3.8, 4) is 11.5 Å². The van der Waals surface area contributed by atoms with Crippen LogP contribution < -0.4 is 25.4 Å². The molecule has 29 heavy (non-hydrogen) atoms. The fraction of sp³-hybridized carbons (Fsp3) is 0.263. The molecule has 3 N–H and O–H groups in total. The average Bonchev–Trinajstić information content (AvgIpc) is 2.67. The molecular formula is C19H22N4O6. The molecule has 0 aliphatic carbocycles. The molecule has 0 saturated heterocycles. The molecule has 0 saturated carbocycles. The van der Waals surface area contributed by atoms with Gasteiger partial charge in [0.15, 0.2) is 0 Å². The summed E-state index contributed by atoms with van der Waals surface area (Å²) in [6.07, 6.45) is 0. The number of hydrogen-bond donors (Lipinski definition) is 3. The molecule has 0 aliphatic rings. The smallest absolute Gasteiger partial charge is 0.271 e. The van der Waals surface area contributed by atoms with Crippen molar-refractivity contribution in [2.24, 2.45) is 0 Å². The largest absolute Gasteiger partial charge is 0.495 e. The topological polar surface area (TPSA) is 132 Å². The summed E-state index contributed by atoms with van der Waals surface area (Å²) in [6.45, 7) is 3.00. The standard InChI is InChI=1S/C19H22N4O6/c1-11(20-15-9-13(21-12(2)24)5-7-17(15)28-3)19(25)22-16-10-14(23(26)27)6-8-18(16)29-4/h5-11,20H,1-4H3,(H,21,24)(H,22,25)/t11-/m0/s1. The third-order valence-corrected chi connectivity index (χ3v) is 3.94. The molecule has 0 radical (unpaired) electrons. The molecule has 10 nitrogen and oxygen atoms in total. The van der Waals surface area contributed by atoms with Gasteiger partial charge in [-0.3, -0.25) is 19.7 Å². The minimum Gasteiger partial charge on any atom is -0.495 e. The van der Waals surface area contributed by atoms with E-state index in [9.17, 15) is 19.7 Å². The molecule has 0 unspecified atom stereocenters. The second kappa shape index (κ2) is 9.40. The van der Waals surface area contributed by atoms with Gasteiger partial charge in [0, 0.05) is 24.7 Å². The predicted octanol–water partition coefficient (Wildman–Crippen LogP) is 3.01. The van der Waals surface area contributed by atoms with Crippen LogP contribution in [0.25, 0.3) is 0 Å². The maximum atomic E-state index is 12.6. The molecule has 0 fully saturated rings. The third kappa shape index (κ3) is 5.58. The Morgan fingerprint density at radius 3 is 2.21 bits per heavy atom. The molecule has 154 valence electrons. The number of carbonyl (C=O) groups excluding carboxylic acids is 2. The van der Waals surface area contributed by atoms with Crippen LogP contribution in [0.4, 0.5) is 22.7 Å². The summed E-state index contributed by atoms with van der Waals surface area (Å²) in [5, 5.41) is 19.3. The zero-order valence-electron chi connectivity index (χ0n) is 16.4. The fourth-order valence-corrected chi connectivity index (χ4v) is 2.55. The predicted molar refractivity (Wildman–Crippen MR) is 109 cm³/mol. The van der Waals surface area contributed by atoms with Crippen LogP contribution in [0, 0.1) is 10.1 Å². The number of nitrogens with zero attached hydrogens (tertiary/aromatic N) is 1. The van der Waals surface area contributed by atoms with Gasteiger partial charge in [0.25, 0.3) is 5.69 Å². The van der Waals surface area contributed by atoms with Crippen molar-refractivity contribution >= 4 is 34.6 Å². The highest BCUT2D eigenvalue weighted by Gasteiger charge is 2.19. The highest BCUT2D eigenvalue weighted by molar-refractivity contribution is 5.98. The number of amides is 2. The van der Waals surface area contributed by atoms with Crippen LogP contribution in [0.1, 0.15) is 13.8 Å². The average molecular weight is 402 g/mol. The van der Waals surface area contributed by atoms with Gasteiger partial charge >= 0.3 is 0 Å². The molecule has 0 aromatic heterocycles. The van der Waals surface area contributed by atoms with Crippen LogP contribution in [-0.4, -0.2) is 37.0 Å². The molecule has 2 rings (SSSR count). The molecule has 0 aliphatic heterocycles. The number of nitrogens with one attached hydrogen (secondary N) is 3. The van der Waals surface area contributed by atoms with Crippen LogP contribution in [0.5, 0.6) is 11.5 Å². The number of ether oxygens (including phenoxy) is 2. The molecule has 0 bridgehead atoms. The summed E-state index contributed by atoms with van der Waals surface area (Å²) in [7, 11) is 2.88. The van der Waals surface area contributed by atoms with E-state index in [1.54, 1.807) is 25.1 Å². The molecule has 0 heterocycles. The van der Waals surface area contributed by atoms with Crippen molar-refractivity contribution in [2.75, 3.05) is 30.2 Å². The first-order valence-corrected chi connectivity index (χ1v) is 8.60. The van der Waals surface area contributed by atoms with E-state index in [0.717, 1.165) is 0 Å². The van der Waals surface area contributed by atoms with E-state index in [0.29, 0.717) is 22.9 Å². The summed E-state index contributed by atoms with van der Waals surface area (Å²) < 4.78 is 10.4. The SMILES string of the molecule is COc1ccc([N+](=O)[O-])cc1NC(=O)[C@H](C)Nc1cc(NC(C)=O)ccc1OC. The maximum absolute atomic E-state index is 12.6. The molecule has 10 heteroatoms. The van der Waals surface area contributed by atoms with Crippen LogP contribution in [0.15, 0.2) is 36.4 Å². The normalized spacial score (nSPS) is 11.2. The summed E-state index contributed by atoms with van der Waals surface area (Å²) in [5.41, 5.74) is 1.03. The van der Waals surface area contributed by atoms with Gasteiger partial charge in [-0.1, -0.05) is 0 Å². The lowest BCUT2D eigenvalue weighted by Crippen LogP contribution is -2.32. The second-order valence-electron chi connectivity index (χ2n) is 6.09. The van der Waals surface area contributed by atoms with E-state index >= 15 is 0 Å². The molecule has 0 spiro atoms. The minimum absolute atomic E-state index is 0.175. The number of methoxy groups -OCH3 is 2. The molecule has 2 aromatic carbocycles. The van der Waals surface area contributed by atoms with Crippen molar-refractivity contribution < 1.29 is 24.0 Å². The first-order chi connectivity index (χ1) is 13.7. The molecule has 1 atom stereocenters. The minimum atomic E-state index is -0.736. The number of nitro groups is 1. The lowest BCUT2D eigenvalue weighted by molar-refractivity contribution is -0.384. The first kappa shape index (κ1) is 21.5. The fourth-order valence-electron chi connectivity index (χ4n) is 2.55. The van der Waals surface area contributed by atoms with E-state index < -0.39 is 16.9 Å². The van der Waals surface area contributed by atoms with Crippen molar-refractivity contribution in [1.82, 2.24) is 0 Å². The van der Waals surface area contributed by atoms with E-state index in [1.165, 1.54) is 39.3 Å². The number of rotatable bonds is 8. The van der Waals surface area contributed by atoms with Gasteiger partial charge < -0.3 is 25.4 Å². The Bertz CT molecular complexity index is 931. The Morgan fingerprint density at radius 2 is 1.62 bits per heavy atom. The van der Waals surface area contributed by atoms with Gasteiger partial charge in [-0.15, -0.1) is 0 Å². The Labute approximate surface area is 167 Å². The highest BCUT2D eigenvalue weighted by Crippen LogP contribution is 2.30. The zero-order valence-corrected chi connectivity index (χ0v) is 16.4. The van der Waals surface area contributed by atoms with E-state index in [4.69, 9.17) is 9.47 Å². The Balaban J connectivity index is 2.20. The van der Waals surface area contributed by atoms with Gasteiger partial charge in [0.05, 0.1) is 30.5 Å². The van der Waals surface area contributed by atoms with E-state index in [1.807, 2.05) is 0 Å². The van der Waals surface area contributed by atoms with Crippen LogP contribution in [0.3, 0.4) is 0 Å². The van der Waals surface area contributed by atoms with Crippen molar-refractivity contribution in [1.29, 1.82) is 0 Å². The van der Waals surface area contributed by atoms with Crippen molar-refractivity contribution in [3.63, 3.8) is 0 Å². The van der Waals surface area contributed by atoms with E-state index in [2.05, 4.69) is 16.0 Å². The van der Waals surface area contributed by atoms with Crippen molar-refractivity contribution in [2.45, 2.75) is 19.9 Å². The lowest BCUT2D eigenvalue weighted by Gasteiger charge is -2.19. The second-order valence-corrected chi connectivity index (χ2v) is 6.09. The van der Waals surface area contributed by atoms with Gasteiger partial charge in [-0.2, -0.15) is 0 Å². The summed E-state index contributed by atoms with van der Waals surface area (Å²) >= 11 is 0. The summed E-state index contributed by atoms with van der Waals surface area (Å²) in [5.74, 6) is 0.0912. The molecule has 2 aromatic rings. The Morgan fingerprint density at radius 1 is 1.00 bits per heavy atom. The van der Waals surface area contributed by atoms with Crippen LogP contribution >= 0.6 is 0 Å². The van der Waals surface area contributed by atoms with Gasteiger partial charge in [-0.25, -0.2) is 0 Å².